The maximum absolute atomic E-state index is 5.95. The van der Waals surface area contributed by atoms with Gasteiger partial charge in [0.15, 0.2) is 0 Å². The average molecular weight is 296 g/mol. The highest BCUT2D eigenvalue weighted by Crippen LogP contribution is 2.19. The summed E-state index contributed by atoms with van der Waals surface area (Å²) in [4.78, 5) is 0. The Morgan fingerprint density at radius 3 is 2.05 bits per heavy atom. The molecule has 0 aliphatic carbocycles. The van der Waals surface area contributed by atoms with Gasteiger partial charge in [-0.2, -0.15) is 0 Å². The Kier molecular flexibility index (Phi) is 5.08. The fourth-order valence-corrected chi connectivity index (χ4v) is 2.38. The van der Waals surface area contributed by atoms with Crippen LogP contribution in [0.4, 0.5) is 0 Å². The molecule has 0 spiro atoms. The van der Waals surface area contributed by atoms with Crippen LogP contribution in [0.1, 0.15) is 11.1 Å². The Labute approximate surface area is 123 Å². The Bertz CT molecular complexity index is 520. The number of hydrogen-bond acceptors (Lipinski definition) is 2. The number of nitrogens with one attached hydrogen (secondary N) is 1. The van der Waals surface area contributed by atoms with Crippen LogP contribution in [0.3, 0.4) is 0 Å². The number of hydrogen-bond donors (Lipinski definition) is 1. The van der Waals surface area contributed by atoms with Crippen molar-refractivity contribution in [2.45, 2.75) is 13.1 Å². The van der Waals surface area contributed by atoms with Crippen LogP contribution in [0.2, 0.25) is 10.0 Å². The van der Waals surface area contributed by atoms with E-state index in [1.54, 1.807) is 13.2 Å². The van der Waals surface area contributed by atoms with Gasteiger partial charge in [-0.15, -0.1) is 0 Å². The molecule has 2 aromatic carbocycles. The molecule has 2 aromatic rings. The van der Waals surface area contributed by atoms with Crippen molar-refractivity contribution in [3.8, 4) is 5.75 Å². The topological polar surface area (TPSA) is 21.3 Å². The zero-order chi connectivity index (χ0) is 13.7. The third-order valence-electron chi connectivity index (χ3n) is 2.74. The summed E-state index contributed by atoms with van der Waals surface area (Å²) in [6, 6.07) is 13.5. The minimum absolute atomic E-state index is 0.661. The van der Waals surface area contributed by atoms with E-state index in [-0.39, 0.29) is 0 Å². The Morgan fingerprint density at radius 2 is 1.47 bits per heavy atom. The molecular formula is C15H15Cl2NO. The molecule has 0 radical (unpaired) electrons. The van der Waals surface area contributed by atoms with Crippen molar-refractivity contribution >= 4 is 23.2 Å². The summed E-state index contributed by atoms with van der Waals surface area (Å²) in [6.07, 6.45) is 0. The number of ether oxygens (including phenoxy) is 1. The van der Waals surface area contributed by atoms with Gasteiger partial charge in [-0.25, -0.2) is 0 Å². The van der Waals surface area contributed by atoms with Gasteiger partial charge in [-0.1, -0.05) is 35.3 Å². The minimum Gasteiger partial charge on any atom is -0.497 e. The maximum atomic E-state index is 5.95. The molecule has 0 fully saturated rings. The third kappa shape index (κ3) is 4.43. The van der Waals surface area contributed by atoms with Gasteiger partial charge < -0.3 is 10.1 Å². The molecule has 2 rings (SSSR count). The lowest BCUT2D eigenvalue weighted by molar-refractivity contribution is 0.414. The number of benzene rings is 2. The van der Waals surface area contributed by atoms with Gasteiger partial charge >= 0.3 is 0 Å². The highest BCUT2D eigenvalue weighted by Gasteiger charge is 1.99. The quantitative estimate of drug-likeness (QED) is 0.888. The van der Waals surface area contributed by atoms with Crippen molar-refractivity contribution in [2.75, 3.05) is 7.11 Å². The van der Waals surface area contributed by atoms with Gasteiger partial charge in [0, 0.05) is 23.1 Å². The third-order valence-corrected chi connectivity index (χ3v) is 3.18. The molecule has 0 aliphatic heterocycles. The van der Waals surface area contributed by atoms with Gasteiger partial charge in [0.25, 0.3) is 0 Å². The van der Waals surface area contributed by atoms with Crippen molar-refractivity contribution in [2.24, 2.45) is 0 Å². The van der Waals surface area contributed by atoms with Crippen molar-refractivity contribution in [1.82, 2.24) is 5.32 Å². The summed E-state index contributed by atoms with van der Waals surface area (Å²) in [5.41, 5.74) is 2.28. The lowest BCUT2D eigenvalue weighted by atomic mass is 10.2. The molecule has 0 heterocycles. The first-order valence-electron chi connectivity index (χ1n) is 5.96. The summed E-state index contributed by atoms with van der Waals surface area (Å²) < 4.78 is 5.12. The molecule has 19 heavy (non-hydrogen) atoms. The molecule has 0 unspecified atom stereocenters. The fourth-order valence-electron chi connectivity index (χ4n) is 1.81. The van der Waals surface area contributed by atoms with Crippen LogP contribution in [-0.2, 0) is 13.1 Å². The van der Waals surface area contributed by atoms with Gasteiger partial charge in [0.2, 0.25) is 0 Å². The number of rotatable bonds is 5. The summed E-state index contributed by atoms with van der Waals surface area (Å²) in [6.45, 7) is 1.51. The van der Waals surface area contributed by atoms with Crippen LogP contribution >= 0.6 is 23.2 Å². The molecule has 0 aromatic heterocycles. The lowest BCUT2D eigenvalue weighted by Crippen LogP contribution is -2.12. The van der Waals surface area contributed by atoms with E-state index in [4.69, 9.17) is 27.9 Å². The van der Waals surface area contributed by atoms with E-state index in [2.05, 4.69) is 5.32 Å². The minimum atomic E-state index is 0.661. The molecule has 0 amide bonds. The summed E-state index contributed by atoms with van der Waals surface area (Å²) in [7, 11) is 1.66. The standard InChI is InChI=1S/C15H15Cl2NO/c1-19-15-4-2-11(3-5-15)9-18-10-12-6-13(16)8-14(17)7-12/h2-8,18H,9-10H2,1H3. The summed E-state index contributed by atoms with van der Waals surface area (Å²) in [5, 5.41) is 4.67. The predicted molar refractivity (Wildman–Crippen MR) is 80.0 cm³/mol. The molecule has 1 N–H and O–H groups in total. The maximum Gasteiger partial charge on any atom is 0.118 e. The molecule has 2 nitrogen and oxygen atoms in total. The molecule has 0 atom stereocenters. The van der Waals surface area contributed by atoms with Crippen molar-refractivity contribution < 1.29 is 4.74 Å². The summed E-state index contributed by atoms with van der Waals surface area (Å²) >= 11 is 11.9. The normalized spacial score (nSPS) is 10.5. The van der Waals surface area contributed by atoms with E-state index in [0.29, 0.717) is 10.0 Å². The van der Waals surface area contributed by atoms with Crippen molar-refractivity contribution in [3.63, 3.8) is 0 Å². The Balaban J connectivity index is 1.88. The Hall–Kier alpha value is -1.22. The van der Waals surface area contributed by atoms with E-state index in [1.807, 2.05) is 36.4 Å². The smallest absolute Gasteiger partial charge is 0.118 e. The Morgan fingerprint density at radius 1 is 0.895 bits per heavy atom. The second-order valence-corrected chi connectivity index (χ2v) is 5.10. The second kappa shape index (κ2) is 6.80. The molecule has 4 heteroatoms. The van der Waals surface area contributed by atoms with Crippen LogP contribution in [0, 0.1) is 0 Å². The zero-order valence-electron chi connectivity index (χ0n) is 10.6. The van der Waals surface area contributed by atoms with Crippen LogP contribution in [-0.4, -0.2) is 7.11 Å². The predicted octanol–water partition coefficient (Wildman–Crippen LogP) is 4.29. The van der Waals surface area contributed by atoms with E-state index < -0.39 is 0 Å². The monoisotopic (exact) mass is 295 g/mol. The second-order valence-electron chi connectivity index (χ2n) is 4.23. The largest absolute Gasteiger partial charge is 0.497 e. The van der Waals surface area contributed by atoms with Gasteiger partial charge in [0.05, 0.1) is 7.11 Å². The van der Waals surface area contributed by atoms with Gasteiger partial charge in [-0.3, -0.25) is 0 Å². The highest BCUT2D eigenvalue weighted by atomic mass is 35.5. The fraction of sp³-hybridized carbons (Fsp3) is 0.200. The molecule has 0 saturated carbocycles. The lowest BCUT2D eigenvalue weighted by Gasteiger charge is -2.07. The number of methoxy groups -OCH3 is 1. The van der Waals surface area contributed by atoms with E-state index in [0.717, 1.165) is 24.4 Å². The first kappa shape index (κ1) is 14.2. The van der Waals surface area contributed by atoms with Crippen LogP contribution in [0.25, 0.3) is 0 Å². The molecule has 0 aliphatic rings. The summed E-state index contributed by atoms with van der Waals surface area (Å²) in [5.74, 6) is 0.866. The zero-order valence-corrected chi connectivity index (χ0v) is 12.1. The van der Waals surface area contributed by atoms with Crippen LogP contribution in [0.5, 0.6) is 5.75 Å². The van der Waals surface area contributed by atoms with Crippen LogP contribution < -0.4 is 10.1 Å². The SMILES string of the molecule is COc1ccc(CNCc2cc(Cl)cc(Cl)c2)cc1. The van der Waals surface area contributed by atoms with E-state index in [9.17, 15) is 0 Å². The van der Waals surface area contributed by atoms with Crippen molar-refractivity contribution in [3.05, 3.63) is 63.6 Å². The van der Waals surface area contributed by atoms with Gasteiger partial charge in [0.1, 0.15) is 5.75 Å². The van der Waals surface area contributed by atoms with E-state index >= 15 is 0 Å². The van der Waals surface area contributed by atoms with E-state index in [1.165, 1.54) is 5.56 Å². The van der Waals surface area contributed by atoms with Crippen molar-refractivity contribution in [1.29, 1.82) is 0 Å². The number of halogens is 2. The van der Waals surface area contributed by atoms with Crippen LogP contribution in [0.15, 0.2) is 42.5 Å². The first-order chi connectivity index (χ1) is 9.17. The molecular weight excluding hydrogens is 281 g/mol. The average Bonchev–Trinajstić information content (AvgIpc) is 2.38. The molecule has 0 bridgehead atoms. The van der Waals surface area contributed by atoms with Gasteiger partial charge in [-0.05, 0) is 41.5 Å². The molecule has 100 valence electrons. The first-order valence-corrected chi connectivity index (χ1v) is 6.71. The highest BCUT2D eigenvalue weighted by molar-refractivity contribution is 6.34. The molecule has 0 saturated heterocycles.